The fourth-order valence-electron chi connectivity index (χ4n) is 3.61. The van der Waals surface area contributed by atoms with E-state index in [9.17, 15) is 0 Å². The number of piperidine rings is 1. The van der Waals surface area contributed by atoms with Crippen LogP contribution < -0.4 is 5.32 Å². The van der Waals surface area contributed by atoms with Crippen LogP contribution in [-0.4, -0.2) is 27.6 Å². The molecule has 1 unspecified atom stereocenters. The molecule has 0 saturated carbocycles. The Morgan fingerprint density at radius 3 is 2.86 bits per heavy atom. The molecule has 1 saturated heterocycles. The van der Waals surface area contributed by atoms with Crippen molar-refractivity contribution in [3.8, 4) is 0 Å². The third kappa shape index (κ3) is 3.02. The minimum atomic E-state index is 0.533. The highest BCUT2D eigenvalue weighted by Gasteiger charge is 2.22. The molecule has 22 heavy (non-hydrogen) atoms. The minimum Gasteiger partial charge on any atom is -0.316 e. The predicted octanol–water partition coefficient (Wildman–Crippen LogP) is 3.64. The first-order valence-corrected chi connectivity index (χ1v) is 8.76. The summed E-state index contributed by atoms with van der Waals surface area (Å²) in [6.45, 7) is 9.95. The number of nitrogens with one attached hydrogen (secondary N) is 1. The monoisotopic (exact) mass is 300 g/mol. The number of hydrogen-bond donors (Lipinski definition) is 1. The molecule has 1 fully saturated rings. The summed E-state index contributed by atoms with van der Waals surface area (Å²) >= 11 is 0. The predicted molar refractivity (Wildman–Crippen MR) is 91.2 cm³/mol. The van der Waals surface area contributed by atoms with Gasteiger partial charge in [0.15, 0.2) is 5.65 Å². The van der Waals surface area contributed by atoms with Crippen LogP contribution in [0.2, 0.25) is 0 Å². The zero-order valence-corrected chi connectivity index (χ0v) is 14.1. The molecule has 120 valence electrons. The van der Waals surface area contributed by atoms with Gasteiger partial charge in [0, 0.05) is 18.7 Å². The van der Waals surface area contributed by atoms with Crippen LogP contribution in [0.5, 0.6) is 0 Å². The Bertz CT molecular complexity index is 621. The smallest absolute Gasteiger partial charge is 0.160 e. The average Bonchev–Trinajstić information content (AvgIpc) is 2.87. The van der Waals surface area contributed by atoms with E-state index < -0.39 is 0 Å². The lowest BCUT2D eigenvalue weighted by atomic mass is 9.98. The second-order valence-corrected chi connectivity index (χ2v) is 6.66. The first kappa shape index (κ1) is 15.5. The Balaban J connectivity index is 2.01. The highest BCUT2D eigenvalue weighted by molar-refractivity contribution is 5.72. The summed E-state index contributed by atoms with van der Waals surface area (Å²) in [7, 11) is 0. The molecule has 1 aliphatic rings. The number of fused-ring (bicyclic) bond motifs is 1. The van der Waals surface area contributed by atoms with Crippen LogP contribution in [0.15, 0.2) is 12.3 Å². The van der Waals surface area contributed by atoms with Gasteiger partial charge in [0.25, 0.3) is 0 Å². The first-order chi connectivity index (χ1) is 10.7. The molecule has 0 radical (unpaired) electrons. The molecule has 0 bridgehead atoms. The number of rotatable bonds is 5. The number of pyridine rings is 1. The van der Waals surface area contributed by atoms with Gasteiger partial charge in [-0.1, -0.05) is 13.8 Å². The molecule has 0 spiro atoms. The van der Waals surface area contributed by atoms with Crippen LogP contribution >= 0.6 is 0 Å². The van der Waals surface area contributed by atoms with Crippen molar-refractivity contribution in [3.63, 3.8) is 0 Å². The Hall–Kier alpha value is -1.42. The largest absolute Gasteiger partial charge is 0.316 e. The third-order valence-electron chi connectivity index (χ3n) is 4.94. The first-order valence-electron chi connectivity index (χ1n) is 8.76. The van der Waals surface area contributed by atoms with Crippen molar-refractivity contribution in [2.24, 2.45) is 5.92 Å². The summed E-state index contributed by atoms with van der Waals surface area (Å²) in [5.41, 5.74) is 3.32. The molecule has 2 aromatic rings. The fraction of sp³-hybridized carbons (Fsp3) is 0.667. The van der Waals surface area contributed by atoms with E-state index in [4.69, 9.17) is 9.97 Å². The van der Waals surface area contributed by atoms with Gasteiger partial charge in [-0.15, -0.1) is 0 Å². The van der Waals surface area contributed by atoms with Crippen molar-refractivity contribution in [1.82, 2.24) is 19.9 Å². The van der Waals surface area contributed by atoms with Gasteiger partial charge in [-0.05, 0) is 63.2 Å². The van der Waals surface area contributed by atoms with Gasteiger partial charge in [-0.2, -0.15) is 0 Å². The van der Waals surface area contributed by atoms with Crippen molar-refractivity contribution in [2.45, 2.75) is 58.9 Å². The molecule has 0 amide bonds. The Morgan fingerprint density at radius 2 is 2.18 bits per heavy atom. The van der Waals surface area contributed by atoms with E-state index in [1.807, 2.05) is 6.20 Å². The molecule has 2 aromatic heterocycles. The molecular weight excluding hydrogens is 272 g/mol. The van der Waals surface area contributed by atoms with Crippen LogP contribution in [0.25, 0.3) is 11.2 Å². The molecule has 0 aliphatic carbocycles. The maximum atomic E-state index is 4.96. The van der Waals surface area contributed by atoms with E-state index in [-0.39, 0.29) is 0 Å². The molecule has 4 nitrogen and oxygen atoms in total. The Morgan fingerprint density at radius 1 is 1.36 bits per heavy atom. The van der Waals surface area contributed by atoms with Crippen LogP contribution in [0.3, 0.4) is 0 Å². The van der Waals surface area contributed by atoms with E-state index >= 15 is 0 Å². The Labute approximate surface area is 133 Å². The molecule has 0 aromatic carbocycles. The number of nitrogens with zero attached hydrogens (tertiary/aromatic N) is 3. The van der Waals surface area contributed by atoms with Crippen molar-refractivity contribution in [2.75, 3.05) is 13.1 Å². The number of aromatic nitrogens is 3. The summed E-state index contributed by atoms with van der Waals surface area (Å²) in [6, 6.07) is 2.17. The summed E-state index contributed by atoms with van der Waals surface area (Å²) in [5.74, 6) is 2.47. The second kappa shape index (κ2) is 6.78. The normalized spacial score (nSPS) is 19.2. The molecule has 4 heteroatoms. The maximum absolute atomic E-state index is 4.96. The van der Waals surface area contributed by atoms with Gasteiger partial charge in [-0.3, -0.25) is 0 Å². The number of hydrogen-bond acceptors (Lipinski definition) is 3. The molecule has 3 rings (SSSR count). The van der Waals surface area contributed by atoms with E-state index in [0.29, 0.717) is 11.8 Å². The maximum Gasteiger partial charge on any atom is 0.160 e. The zero-order chi connectivity index (χ0) is 15.5. The minimum absolute atomic E-state index is 0.533. The molecule has 1 N–H and O–H groups in total. The lowest BCUT2D eigenvalue weighted by Gasteiger charge is -2.25. The van der Waals surface area contributed by atoms with Gasteiger partial charge in [0.05, 0.1) is 0 Å². The third-order valence-corrected chi connectivity index (χ3v) is 4.94. The van der Waals surface area contributed by atoms with Crippen LogP contribution in [0.4, 0.5) is 0 Å². The van der Waals surface area contributed by atoms with E-state index in [0.717, 1.165) is 43.6 Å². The highest BCUT2D eigenvalue weighted by Crippen LogP contribution is 2.28. The van der Waals surface area contributed by atoms with Gasteiger partial charge in [0.2, 0.25) is 0 Å². The lowest BCUT2D eigenvalue weighted by molar-refractivity contribution is 0.333. The van der Waals surface area contributed by atoms with Crippen LogP contribution in [0.1, 0.15) is 56.8 Å². The van der Waals surface area contributed by atoms with Crippen molar-refractivity contribution < 1.29 is 0 Å². The van der Waals surface area contributed by atoms with E-state index in [1.165, 1.54) is 24.2 Å². The summed E-state index contributed by atoms with van der Waals surface area (Å²) in [4.78, 5) is 9.66. The van der Waals surface area contributed by atoms with Crippen molar-refractivity contribution >= 4 is 11.2 Å². The summed E-state index contributed by atoms with van der Waals surface area (Å²) in [6.07, 6.45) is 6.84. The number of imidazole rings is 1. The molecule has 1 atom stereocenters. The van der Waals surface area contributed by atoms with E-state index in [2.05, 4.69) is 36.7 Å². The quantitative estimate of drug-likeness (QED) is 0.916. The molecular formula is C18H28N4. The van der Waals surface area contributed by atoms with Gasteiger partial charge in [0.1, 0.15) is 11.3 Å². The topological polar surface area (TPSA) is 42.7 Å². The van der Waals surface area contributed by atoms with Crippen molar-refractivity contribution in [3.05, 3.63) is 23.7 Å². The van der Waals surface area contributed by atoms with Crippen LogP contribution in [0, 0.1) is 12.8 Å². The van der Waals surface area contributed by atoms with Crippen LogP contribution in [-0.2, 0) is 6.54 Å². The van der Waals surface area contributed by atoms with Gasteiger partial charge in [-0.25, -0.2) is 9.97 Å². The Kier molecular flexibility index (Phi) is 4.77. The standard InChI is InChI=1S/C18H28N4/c1-4-15(5-2)17-21-16-9-13(3)10-20-18(16)22(17)12-14-7-6-8-19-11-14/h9-10,14-15,19H,4-8,11-12H2,1-3H3. The highest BCUT2D eigenvalue weighted by atomic mass is 15.1. The molecule has 3 heterocycles. The summed E-state index contributed by atoms with van der Waals surface area (Å²) < 4.78 is 2.41. The average molecular weight is 300 g/mol. The second-order valence-electron chi connectivity index (χ2n) is 6.66. The lowest BCUT2D eigenvalue weighted by Crippen LogP contribution is -2.32. The van der Waals surface area contributed by atoms with Gasteiger partial charge >= 0.3 is 0 Å². The fourth-order valence-corrected chi connectivity index (χ4v) is 3.61. The summed E-state index contributed by atoms with van der Waals surface area (Å²) in [5, 5.41) is 3.53. The van der Waals surface area contributed by atoms with Crippen molar-refractivity contribution in [1.29, 1.82) is 0 Å². The molecule has 1 aliphatic heterocycles. The number of aryl methyl sites for hydroxylation is 1. The van der Waals surface area contributed by atoms with Gasteiger partial charge < -0.3 is 9.88 Å². The SMILES string of the molecule is CCC(CC)c1nc2cc(C)cnc2n1CC1CCCNC1. The zero-order valence-electron chi connectivity index (χ0n) is 14.1. The van der Waals surface area contributed by atoms with E-state index in [1.54, 1.807) is 0 Å².